The molecule has 1 heterocycles. The van der Waals surface area contributed by atoms with Gasteiger partial charge in [-0.15, -0.1) is 11.3 Å². The fraction of sp³-hybridized carbons (Fsp3) is 0.0625. The van der Waals surface area contributed by atoms with Crippen LogP contribution in [0.25, 0.3) is 10.2 Å². The SMILES string of the molecule is O=C(COC(=O)c1ccc2ncsc2c1)Nc1cccc(F)c1. The van der Waals surface area contributed by atoms with Crippen LogP contribution in [0.5, 0.6) is 0 Å². The molecule has 5 nitrogen and oxygen atoms in total. The molecule has 0 radical (unpaired) electrons. The number of thiazole rings is 1. The van der Waals surface area contributed by atoms with Crippen molar-refractivity contribution < 1.29 is 18.7 Å². The zero-order chi connectivity index (χ0) is 16.2. The molecule has 0 saturated carbocycles. The van der Waals surface area contributed by atoms with Gasteiger partial charge < -0.3 is 10.1 Å². The summed E-state index contributed by atoms with van der Waals surface area (Å²) < 4.78 is 18.8. The average molecular weight is 330 g/mol. The predicted molar refractivity (Wildman–Crippen MR) is 84.9 cm³/mol. The lowest BCUT2D eigenvalue weighted by atomic mass is 10.2. The first-order chi connectivity index (χ1) is 11.1. The molecular weight excluding hydrogens is 319 g/mol. The van der Waals surface area contributed by atoms with E-state index in [0.29, 0.717) is 11.3 Å². The van der Waals surface area contributed by atoms with Gasteiger partial charge in [-0.05, 0) is 36.4 Å². The maximum atomic E-state index is 13.0. The van der Waals surface area contributed by atoms with Crippen LogP contribution in [-0.2, 0) is 9.53 Å². The van der Waals surface area contributed by atoms with E-state index in [0.717, 1.165) is 10.2 Å². The molecule has 23 heavy (non-hydrogen) atoms. The average Bonchev–Trinajstić information content (AvgIpc) is 3.00. The predicted octanol–water partition coefficient (Wildman–Crippen LogP) is 3.23. The number of ether oxygens (including phenoxy) is 1. The fourth-order valence-electron chi connectivity index (χ4n) is 1.96. The lowest BCUT2D eigenvalue weighted by Crippen LogP contribution is -2.20. The number of nitrogens with one attached hydrogen (secondary N) is 1. The number of benzene rings is 2. The Kier molecular flexibility index (Phi) is 4.29. The number of esters is 1. The van der Waals surface area contributed by atoms with Gasteiger partial charge in [0.25, 0.3) is 5.91 Å². The Labute approximate surface area is 134 Å². The lowest BCUT2D eigenvalue weighted by molar-refractivity contribution is -0.119. The van der Waals surface area contributed by atoms with Crippen molar-refractivity contribution in [1.29, 1.82) is 0 Å². The van der Waals surface area contributed by atoms with E-state index in [9.17, 15) is 14.0 Å². The summed E-state index contributed by atoms with van der Waals surface area (Å²) in [5.41, 5.74) is 3.14. The van der Waals surface area contributed by atoms with Gasteiger partial charge in [0.05, 0.1) is 21.3 Å². The van der Waals surface area contributed by atoms with Gasteiger partial charge >= 0.3 is 5.97 Å². The number of halogens is 1. The number of aromatic nitrogens is 1. The molecule has 0 aliphatic carbocycles. The Morgan fingerprint density at radius 2 is 2.09 bits per heavy atom. The minimum Gasteiger partial charge on any atom is -0.452 e. The van der Waals surface area contributed by atoms with E-state index in [2.05, 4.69) is 10.3 Å². The van der Waals surface area contributed by atoms with Crippen LogP contribution in [-0.4, -0.2) is 23.5 Å². The van der Waals surface area contributed by atoms with Crippen molar-refractivity contribution in [3.8, 4) is 0 Å². The smallest absolute Gasteiger partial charge is 0.338 e. The van der Waals surface area contributed by atoms with Crippen molar-refractivity contribution in [2.24, 2.45) is 0 Å². The summed E-state index contributed by atoms with van der Waals surface area (Å²) in [6.45, 7) is -0.448. The number of amides is 1. The highest BCUT2D eigenvalue weighted by Gasteiger charge is 2.12. The number of hydrogen-bond donors (Lipinski definition) is 1. The summed E-state index contributed by atoms with van der Waals surface area (Å²) in [4.78, 5) is 27.8. The molecule has 0 saturated heterocycles. The monoisotopic (exact) mass is 330 g/mol. The molecule has 1 aromatic heterocycles. The molecule has 3 rings (SSSR count). The molecule has 0 atom stereocenters. The van der Waals surface area contributed by atoms with Gasteiger partial charge in [-0.2, -0.15) is 0 Å². The van der Waals surface area contributed by atoms with Crippen LogP contribution in [0, 0.1) is 5.82 Å². The summed E-state index contributed by atoms with van der Waals surface area (Å²) in [6, 6.07) is 10.4. The minimum atomic E-state index is -0.602. The molecule has 0 spiro atoms. The second-order valence-corrected chi connectivity index (χ2v) is 5.56. The minimum absolute atomic E-state index is 0.303. The van der Waals surface area contributed by atoms with Gasteiger partial charge in [-0.3, -0.25) is 4.79 Å². The summed E-state index contributed by atoms with van der Waals surface area (Å²) in [6.07, 6.45) is 0. The highest BCUT2D eigenvalue weighted by atomic mass is 32.1. The van der Waals surface area contributed by atoms with Gasteiger partial charge in [0, 0.05) is 5.69 Å². The van der Waals surface area contributed by atoms with E-state index in [1.165, 1.54) is 29.5 Å². The van der Waals surface area contributed by atoms with Gasteiger partial charge in [0.1, 0.15) is 5.82 Å². The van der Waals surface area contributed by atoms with Crippen LogP contribution in [0.15, 0.2) is 48.0 Å². The van der Waals surface area contributed by atoms with Crippen molar-refractivity contribution in [3.05, 3.63) is 59.4 Å². The van der Waals surface area contributed by atoms with Crippen molar-refractivity contribution in [3.63, 3.8) is 0 Å². The third-order valence-corrected chi connectivity index (χ3v) is 3.80. The Morgan fingerprint density at radius 3 is 2.91 bits per heavy atom. The first-order valence-corrected chi connectivity index (χ1v) is 7.55. The zero-order valence-electron chi connectivity index (χ0n) is 11.8. The van der Waals surface area contributed by atoms with E-state index in [1.54, 1.807) is 29.8 Å². The number of carbonyl (C=O) groups is 2. The van der Waals surface area contributed by atoms with E-state index >= 15 is 0 Å². The van der Waals surface area contributed by atoms with Crippen LogP contribution in [0.1, 0.15) is 10.4 Å². The van der Waals surface area contributed by atoms with Crippen molar-refractivity contribution >= 4 is 39.1 Å². The molecule has 0 aliphatic rings. The molecule has 0 unspecified atom stereocenters. The molecular formula is C16H11FN2O3S. The number of carbonyl (C=O) groups excluding carboxylic acids is 2. The van der Waals surface area contributed by atoms with Crippen molar-refractivity contribution in [1.82, 2.24) is 4.98 Å². The van der Waals surface area contributed by atoms with Gasteiger partial charge in [-0.25, -0.2) is 14.2 Å². The Hall–Kier alpha value is -2.80. The fourth-order valence-corrected chi connectivity index (χ4v) is 2.68. The Bertz CT molecular complexity index is 878. The molecule has 116 valence electrons. The lowest BCUT2D eigenvalue weighted by Gasteiger charge is -2.06. The van der Waals surface area contributed by atoms with Crippen LogP contribution in [0.3, 0.4) is 0 Å². The van der Waals surface area contributed by atoms with Crippen LogP contribution < -0.4 is 5.32 Å². The normalized spacial score (nSPS) is 10.5. The molecule has 3 aromatic rings. The number of hydrogen-bond acceptors (Lipinski definition) is 5. The largest absolute Gasteiger partial charge is 0.452 e. The molecule has 2 aromatic carbocycles. The second-order valence-electron chi connectivity index (χ2n) is 4.67. The van der Waals surface area contributed by atoms with Crippen LogP contribution in [0.4, 0.5) is 10.1 Å². The maximum absolute atomic E-state index is 13.0. The number of rotatable bonds is 4. The van der Waals surface area contributed by atoms with Crippen molar-refractivity contribution in [2.45, 2.75) is 0 Å². The Balaban J connectivity index is 1.58. The Morgan fingerprint density at radius 1 is 1.22 bits per heavy atom. The topological polar surface area (TPSA) is 68.3 Å². The summed E-state index contributed by atoms with van der Waals surface area (Å²) in [5.74, 6) is -1.60. The number of nitrogens with zero attached hydrogens (tertiary/aromatic N) is 1. The third kappa shape index (κ3) is 3.70. The second kappa shape index (κ2) is 6.53. The van der Waals surface area contributed by atoms with Crippen LogP contribution >= 0.6 is 11.3 Å². The number of fused-ring (bicyclic) bond motifs is 1. The van der Waals surface area contributed by atoms with E-state index in [1.807, 2.05) is 0 Å². The highest BCUT2D eigenvalue weighted by molar-refractivity contribution is 7.16. The summed E-state index contributed by atoms with van der Waals surface area (Å²) in [7, 11) is 0. The maximum Gasteiger partial charge on any atom is 0.338 e. The van der Waals surface area contributed by atoms with Gasteiger partial charge in [0.2, 0.25) is 0 Å². The van der Waals surface area contributed by atoms with E-state index in [-0.39, 0.29) is 0 Å². The molecule has 0 bridgehead atoms. The first-order valence-electron chi connectivity index (χ1n) is 6.67. The molecule has 0 aliphatic heterocycles. The highest BCUT2D eigenvalue weighted by Crippen LogP contribution is 2.19. The molecule has 0 fully saturated rings. The first kappa shape index (κ1) is 15.1. The quantitative estimate of drug-likeness (QED) is 0.746. The van der Waals surface area contributed by atoms with Crippen LogP contribution in [0.2, 0.25) is 0 Å². The van der Waals surface area contributed by atoms with E-state index in [4.69, 9.17) is 4.74 Å². The molecule has 7 heteroatoms. The number of anilines is 1. The summed E-state index contributed by atoms with van der Waals surface area (Å²) >= 11 is 1.41. The van der Waals surface area contributed by atoms with Crippen molar-refractivity contribution in [2.75, 3.05) is 11.9 Å². The van der Waals surface area contributed by atoms with E-state index < -0.39 is 24.3 Å². The molecule has 1 amide bonds. The third-order valence-electron chi connectivity index (χ3n) is 3.01. The zero-order valence-corrected chi connectivity index (χ0v) is 12.6. The van der Waals surface area contributed by atoms with Gasteiger partial charge in [-0.1, -0.05) is 6.07 Å². The van der Waals surface area contributed by atoms with Gasteiger partial charge in [0.15, 0.2) is 6.61 Å². The molecule has 1 N–H and O–H groups in total. The standard InChI is InChI=1S/C16H11FN2O3S/c17-11-2-1-3-12(7-11)19-15(20)8-22-16(21)10-4-5-13-14(6-10)23-9-18-13/h1-7,9H,8H2,(H,19,20). The summed E-state index contributed by atoms with van der Waals surface area (Å²) in [5, 5.41) is 2.45.